The second-order valence-electron chi connectivity index (χ2n) is 5.01. The zero-order valence-corrected chi connectivity index (χ0v) is 11.4. The lowest BCUT2D eigenvalue weighted by molar-refractivity contribution is 0.595. The van der Waals surface area contributed by atoms with Gasteiger partial charge in [-0.3, -0.25) is 0 Å². The summed E-state index contributed by atoms with van der Waals surface area (Å²) in [6.07, 6.45) is 3.99. The summed E-state index contributed by atoms with van der Waals surface area (Å²) < 4.78 is 1.39. The SMILES string of the molecule is c1ccc2sc(CNCCCNC3CC3)cc2c1. The van der Waals surface area contributed by atoms with E-state index in [0.717, 1.165) is 25.7 Å². The van der Waals surface area contributed by atoms with E-state index in [9.17, 15) is 0 Å². The number of nitrogens with one attached hydrogen (secondary N) is 2. The van der Waals surface area contributed by atoms with Crippen molar-refractivity contribution in [3.63, 3.8) is 0 Å². The number of fused-ring (bicyclic) bond motifs is 1. The second kappa shape index (κ2) is 5.83. The molecule has 1 heterocycles. The Morgan fingerprint density at radius 3 is 2.89 bits per heavy atom. The van der Waals surface area contributed by atoms with E-state index in [-0.39, 0.29) is 0 Å². The van der Waals surface area contributed by atoms with Crippen LogP contribution < -0.4 is 10.6 Å². The Kier molecular flexibility index (Phi) is 3.93. The third-order valence-corrected chi connectivity index (χ3v) is 4.43. The van der Waals surface area contributed by atoms with E-state index in [1.54, 1.807) is 0 Å². The molecule has 2 aromatic rings. The number of hydrogen-bond acceptors (Lipinski definition) is 3. The fourth-order valence-corrected chi connectivity index (χ4v) is 3.18. The highest BCUT2D eigenvalue weighted by Gasteiger charge is 2.19. The molecule has 0 amide bonds. The van der Waals surface area contributed by atoms with Gasteiger partial charge in [0.05, 0.1) is 0 Å². The highest BCUT2D eigenvalue weighted by atomic mass is 32.1. The molecule has 1 aromatic heterocycles. The fraction of sp³-hybridized carbons (Fsp3) is 0.467. The molecule has 3 heteroatoms. The first kappa shape index (κ1) is 12.2. The maximum absolute atomic E-state index is 3.54. The first-order valence-electron chi connectivity index (χ1n) is 6.83. The van der Waals surface area contributed by atoms with Crippen LogP contribution in [-0.4, -0.2) is 19.1 Å². The van der Waals surface area contributed by atoms with Crippen LogP contribution in [0.3, 0.4) is 0 Å². The van der Waals surface area contributed by atoms with Gasteiger partial charge in [-0.15, -0.1) is 11.3 Å². The first-order valence-corrected chi connectivity index (χ1v) is 7.65. The highest BCUT2D eigenvalue weighted by Crippen LogP contribution is 2.24. The van der Waals surface area contributed by atoms with Gasteiger partial charge in [0.1, 0.15) is 0 Å². The van der Waals surface area contributed by atoms with Crippen LogP contribution in [0.5, 0.6) is 0 Å². The molecule has 1 aliphatic carbocycles. The minimum Gasteiger partial charge on any atom is -0.314 e. The van der Waals surface area contributed by atoms with Crippen molar-refractivity contribution in [1.82, 2.24) is 10.6 Å². The Balaban J connectivity index is 1.39. The van der Waals surface area contributed by atoms with Gasteiger partial charge < -0.3 is 10.6 Å². The molecule has 1 aliphatic rings. The maximum Gasteiger partial charge on any atom is 0.0346 e. The van der Waals surface area contributed by atoms with E-state index in [2.05, 4.69) is 41.0 Å². The van der Waals surface area contributed by atoms with Crippen LogP contribution in [0.25, 0.3) is 10.1 Å². The van der Waals surface area contributed by atoms with Gasteiger partial charge in [0.2, 0.25) is 0 Å². The lowest BCUT2D eigenvalue weighted by Gasteiger charge is -2.03. The Labute approximate surface area is 112 Å². The molecule has 0 spiro atoms. The van der Waals surface area contributed by atoms with Gasteiger partial charge in [-0.2, -0.15) is 0 Å². The Hall–Kier alpha value is -0.900. The molecule has 0 radical (unpaired) electrons. The van der Waals surface area contributed by atoms with E-state index in [1.165, 1.54) is 34.2 Å². The molecule has 2 N–H and O–H groups in total. The van der Waals surface area contributed by atoms with Crippen molar-refractivity contribution >= 4 is 21.4 Å². The standard InChI is InChI=1S/C15H20N2S/c1-2-5-15-12(4-1)10-14(18-15)11-16-8-3-9-17-13-6-7-13/h1-2,4-5,10,13,16-17H,3,6-9,11H2. The molecular weight excluding hydrogens is 240 g/mol. The summed E-state index contributed by atoms with van der Waals surface area (Å²) in [5.41, 5.74) is 0. The van der Waals surface area contributed by atoms with Crippen molar-refractivity contribution in [2.75, 3.05) is 13.1 Å². The summed E-state index contributed by atoms with van der Waals surface area (Å²) in [6, 6.07) is 11.7. The number of thiophene rings is 1. The van der Waals surface area contributed by atoms with Gasteiger partial charge in [-0.1, -0.05) is 18.2 Å². The number of rotatable bonds is 7. The van der Waals surface area contributed by atoms with Gasteiger partial charge >= 0.3 is 0 Å². The molecule has 1 saturated carbocycles. The van der Waals surface area contributed by atoms with Crippen molar-refractivity contribution in [3.05, 3.63) is 35.2 Å². The van der Waals surface area contributed by atoms with Gasteiger partial charge in [-0.05, 0) is 49.9 Å². The minimum atomic E-state index is 0.840. The van der Waals surface area contributed by atoms with Crippen LogP contribution in [0.2, 0.25) is 0 Å². The molecule has 1 aromatic carbocycles. The summed E-state index contributed by atoms with van der Waals surface area (Å²) in [4.78, 5) is 1.44. The zero-order valence-electron chi connectivity index (χ0n) is 10.6. The van der Waals surface area contributed by atoms with Crippen molar-refractivity contribution < 1.29 is 0 Å². The molecule has 0 saturated heterocycles. The molecule has 18 heavy (non-hydrogen) atoms. The van der Waals surface area contributed by atoms with Gasteiger partial charge in [-0.25, -0.2) is 0 Å². The third-order valence-electron chi connectivity index (χ3n) is 3.32. The smallest absolute Gasteiger partial charge is 0.0346 e. The van der Waals surface area contributed by atoms with Crippen LogP contribution in [0.15, 0.2) is 30.3 Å². The van der Waals surface area contributed by atoms with Crippen molar-refractivity contribution in [3.8, 4) is 0 Å². The van der Waals surface area contributed by atoms with Gasteiger partial charge in [0, 0.05) is 22.2 Å². The minimum absolute atomic E-state index is 0.840. The van der Waals surface area contributed by atoms with Crippen LogP contribution in [0.4, 0.5) is 0 Å². The predicted octanol–water partition coefficient (Wildman–Crippen LogP) is 3.13. The topological polar surface area (TPSA) is 24.1 Å². The normalized spacial score (nSPS) is 15.3. The lowest BCUT2D eigenvalue weighted by atomic mass is 10.2. The highest BCUT2D eigenvalue weighted by molar-refractivity contribution is 7.19. The summed E-state index contributed by atoms with van der Waals surface area (Å²) in [5.74, 6) is 0. The average molecular weight is 260 g/mol. The Morgan fingerprint density at radius 1 is 1.17 bits per heavy atom. The first-order chi connectivity index (χ1) is 8.92. The maximum atomic E-state index is 3.54. The van der Waals surface area contributed by atoms with Crippen LogP contribution in [0, 0.1) is 0 Å². The van der Waals surface area contributed by atoms with Crippen LogP contribution >= 0.6 is 11.3 Å². The Bertz CT molecular complexity index is 469. The molecule has 0 bridgehead atoms. The van der Waals surface area contributed by atoms with E-state index in [4.69, 9.17) is 0 Å². The molecule has 0 unspecified atom stereocenters. The molecule has 2 nitrogen and oxygen atoms in total. The number of benzene rings is 1. The molecule has 0 aliphatic heterocycles. The summed E-state index contributed by atoms with van der Waals surface area (Å²) >= 11 is 1.90. The van der Waals surface area contributed by atoms with Crippen LogP contribution in [-0.2, 0) is 6.54 Å². The zero-order chi connectivity index (χ0) is 12.2. The van der Waals surface area contributed by atoms with E-state index < -0.39 is 0 Å². The van der Waals surface area contributed by atoms with E-state index in [1.807, 2.05) is 11.3 Å². The largest absolute Gasteiger partial charge is 0.314 e. The quantitative estimate of drug-likeness (QED) is 0.747. The van der Waals surface area contributed by atoms with Crippen molar-refractivity contribution in [1.29, 1.82) is 0 Å². The van der Waals surface area contributed by atoms with Gasteiger partial charge in [0.25, 0.3) is 0 Å². The monoisotopic (exact) mass is 260 g/mol. The second-order valence-corrected chi connectivity index (χ2v) is 6.18. The molecular formula is C15H20N2S. The average Bonchev–Trinajstić information content (AvgIpc) is 3.11. The van der Waals surface area contributed by atoms with E-state index >= 15 is 0 Å². The van der Waals surface area contributed by atoms with Crippen molar-refractivity contribution in [2.45, 2.75) is 31.8 Å². The number of hydrogen-bond donors (Lipinski definition) is 2. The Morgan fingerprint density at radius 2 is 2.06 bits per heavy atom. The summed E-state index contributed by atoms with van der Waals surface area (Å²) in [5, 5.41) is 8.44. The third kappa shape index (κ3) is 3.31. The summed E-state index contributed by atoms with van der Waals surface area (Å²) in [6.45, 7) is 3.26. The molecule has 0 atom stereocenters. The molecule has 1 fully saturated rings. The van der Waals surface area contributed by atoms with E-state index in [0.29, 0.717) is 0 Å². The molecule has 3 rings (SSSR count). The summed E-state index contributed by atoms with van der Waals surface area (Å²) in [7, 11) is 0. The molecule has 96 valence electrons. The van der Waals surface area contributed by atoms with Crippen LogP contribution in [0.1, 0.15) is 24.1 Å². The predicted molar refractivity (Wildman–Crippen MR) is 79.2 cm³/mol. The lowest BCUT2D eigenvalue weighted by Crippen LogP contribution is -2.22. The van der Waals surface area contributed by atoms with Crippen molar-refractivity contribution in [2.24, 2.45) is 0 Å². The fourth-order valence-electron chi connectivity index (χ4n) is 2.14. The van der Waals surface area contributed by atoms with Gasteiger partial charge in [0.15, 0.2) is 0 Å².